The zero-order valence-corrected chi connectivity index (χ0v) is 17.3. The van der Waals surface area contributed by atoms with Gasteiger partial charge in [0.25, 0.3) is 0 Å². The molecule has 0 aliphatic heterocycles. The van der Waals surface area contributed by atoms with Gasteiger partial charge in [0.1, 0.15) is 5.58 Å². The molecular weight excluding hydrogens is 400 g/mol. The molecule has 30 heavy (non-hydrogen) atoms. The maximum Gasteiger partial charge on any atom is 0.235 e. The fraction of sp³-hybridized carbons (Fsp3) is 0.120. The number of hydrogen-bond acceptors (Lipinski definition) is 4. The molecule has 0 aliphatic carbocycles. The maximum atomic E-state index is 13.1. The van der Waals surface area contributed by atoms with Crippen molar-refractivity contribution >= 4 is 28.4 Å². The van der Waals surface area contributed by atoms with Crippen LogP contribution in [0.1, 0.15) is 21.5 Å². The predicted molar refractivity (Wildman–Crippen MR) is 119 cm³/mol. The monoisotopic (exact) mass is 418 g/mol. The summed E-state index contributed by atoms with van der Waals surface area (Å²) in [5.74, 6) is -0.0491. The van der Waals surface area contributed by atoms with Crippen molar-refractivity contribution in [1.82, 2.24) is 0 Å². The average molecular weight is 419 g/mol. The molecule has 5 heteroatoms. The van der Waals surface area contributed by atoms with Gasteiger partial charge in [-0.15, -0.1) is 0 Å². The van der Waals surface area contributed by atoms with Crippen LogP contribution >= 0.6 is 11.6 Å². The van der Waals surface area contributed by atoms with Gasteiger partial charge in [-0.1, -0.05) is 48.0 Å². The first kappa shape index (κ1) is 19.9. The second-order valence-corrected chi connectivity index (χ2v) is 7.48. The minimum absolute atomic E-state index is 0.0287. The summed E-state index contributed by atoms with van der Waals surface area (Å²) in [6.45, 7) is 3.64. The summed E-state index contributed by atoms with van der Waals surface area (Å²) in [6.07, 6.45) is 0. The Morgan fingerprint density at radius 1 is 0.967 bits per heavy atom. The zero-order chi connectivity index (χ0) is 21.3. The molecule has 0 fully saturated rings. The molecule has 0 spiro atoms. The molecule has 0 N–H and O–H groups in total. The summed E-state index contributed by atoms with van der Waals surface area (Å²) in [6, 6.07) is 19.4. The predicted octanol–water partition coefficient (Wildman–Crippen LogP) is 5.99. The van der Waals surface area contributed by atoms with Crippen molar-refractivity contribution in [3.05, 3.63) is 98.7 Å². The first-order valence-corrected chi connectivity index (χ1v) is 9.87. The fourth-order valence-corrected chi connectivity index (χ4v) is 3.44. The number of ether oxygens (including phenoxy) is 1. The molecule has 3 aromatic carbocycles. The van der Waals surface area contributed by atoms with Crippen LogP contribution in [0.4, 0.5) is 0 Å². The van der Waals surface area contributed by atoms with E-state index in [-0.39, 0.29) is 29.3 Å². The lowest BCUT2D eigenvalue weighted by molar-refractivity contribution is 0.0920. The van der Waals surface area contributed by atoms with Gasteiger partial charge >= 0.3 is 0 Å². The Labute approximate surface area is 178 Å². The number of benzene rings is 3. The summed E-state index contributed by atoms with van der Waals surface area (Å²) >= 11 is 6.34. The van der Waals surface area contributed by atoms with Crippen LogP contribution in [0.5, 0.6) is 5.75 Å². The normalized spacial score (nSPS) is 10.9. The SMILES string of the molecule is Cc1ccc(C(=O)COc2c(-c3ccccc3Cl)oc3ccccc3c2=O)cc1C. The van der Waals surface area contributed by atoms with Crippen molar-refractivity contribution in [2.75, 3.05) is 6.61 Å². The van der Waals surface area contributed by atoms with E-state index >= 15 is 0 Å². The Morgan fingerprint density at radius 2 is 1.70 bits per heavy atom. The minimum atomic E-state index is -0.348. The van der Waals surface area contributed by atoms with Crippen LogP contribution in [0, 0.1) is 13.8 Å². The van der Waals surface area contributed by atoms with Crippen molar-refractivity contribution in [2.45, 2.75) is 13.8 Å². The molecule has 0 aliphatic rings. The quantitative estimate of drug-likeness (QED) is 0.373. The number of Topliss-reactive ketones (excluding diaryl/α,β-unsaturated/α-hetero) is 1. The molecule has 0 radical (unpaired) electrons. The van der Waals surface area contributed by atoms with Crippen LogP contribution in [0.3, 0.4) is 0 Å². The van der Waals surface area contributed by atoms with Gasteiger partial charge in [0.15, 0.2) is 18.2 Å². The molecule has 0 unspecified atom stereocenters. The maximum absolute atomic E-state index is 13.1. The van der Waals surface area contributed by atoms with Crippen LogP contribution in [0.2, 0.25) is 5.02 Å². The molecule has 0 amide bonds. The Morgan fingerprint density at radius 3 is 2.47 bits per heavy atom. The highest BCUT2D eigenvalue weighted by atomic mass is 35.5. The van der Waals surface area contributed by atoms with E-state index in [4.69, 9.17) is 20.8 Å². The Hall–Kier alpha value is -3.37. The number of halogens is 1. The van der Waals surface area contributed by atoms with E-state index in [1.165, 1.54) is 0 Å². The topological polar surface area (TPSA) is 56.5 Å². The zero-order valence-electron chi connectivity index (χ0n) is 16.6. The highest BCUT2D eigenvalue weighted by Gasteiger charge is 2.20. The molecule has 1 heterocycles. The molecule has 1 aromatic heterocycles. The highest BCUT2D eigenvalue weighted by molar-refractivity contribution is 6.33. The summed E-state index contributed by atoms with van der Waals surface area (Å²) in [5.41, 5.74) is 3.25. The third-order valence-corrected chi connectivity index (χ3v) is 5.38. The van der Waals surface area contributed by atoms with Crippen molar-refractivity contribution in [1.29, 1.82) is 0 Å². The van der Waals surface area contributed by atoms with Gasteiger partial charge in [-0.05, 0) is 55.3 Å². The van der Waals surface area contributed by atoms with Crippen molar-refractivity contribution in [3.8, 4) is 17.1 Å². The molecule has 4 aromatic rings. The van der Waals surface area contributed by atoms with Crippen LogP contribution in [-0.2, 0) is 0 Å². The second-order valence-electron chi connectivity index (χ2n) is 7.08. The van der Waals surface area contributed by atoms with Gasteiger partial charge in [0.2, 0.25) is 11.2 Å². The van der Waals surface area contributed by atoms with Crippen molar-refractivity contribution < 1.29 is 13.9 Å². The standard InChI is InChI=1S/C25H19ClO4/c1-15-11-12-17(13-16(15)2)21(27)14-29-25-23(28)19-8-4-6-10-22(19)30-24(25)18-7-3-5-9-20(18)26/h3-13H,14H2,1-2H3. The van der Waals surface area contributed by atoms with E-state index in [0.29, 0.717) is 27.1 Å². The van der Waals surface area contributed by atoms with E-state index in [1.807, 2.05) is 26.0 Å². The van der Waals surface area contributed by atoms with Gasteiger partial charge in [-0.25, -0.2) is 0 Å². The van der Waals surface area contributed by atoms with Gasteiger partial charge < -0.3 is 9.15 Å². The smallest absolute Gasteiger partial charge is 0.235 e. The fourth-order valence-electron chi connectivity index (χ4n) is 3.21. The molecule has 4 nitrogen and oxygen atoms in total. The van der Waals surface area contributed by atoms with Crippen LogP contribution in [-0.4, -0.2) is 12.4 Å². The largest absolute Gasteiger partial charge is 0.478 e. The Balaban J connectivity index is 1.77. The van der Waals surface area contributed by atoms with E-state index in [9.17, 15) is 9.59 Å². The van der Waals surface area contributed by atoms with Crippen molar-refractivity contribution in [2.24, 2.45) is 0 Å². The molecule has 0 bridgehead atoms. The Bertz CT molecular complexity index is 1320. The minimum Gasteiger partial charge on any atom is -0.478 e. The first-order chi connectivity index (χ1) is 14.5. The molecule has 4 rings (SSSR count). The number of ketones is 1. The number of aryl methyl sites for hydroxylation is 2. The van der Waals surface area contributed by atoms with Crippen LogP contribution < -0.4 is 10.2 Å². The van der Waals surface area contributed by atoms with E-state index < -0.39 is 0 Å². The van der Waals surface area contributed by atoms with E-state index in [1.54, 1.807) is 54.6 Å². The van der Waals surface area contributed by atoms with Crippen LogP contribution in [0.25, 0.3) is 22.3 Å². The summed E-state index contributed by atoms with van der Waals surface area (Å²) in [4.78, 5) is 25.8. The summed E-state index contributed by atoms with van der Waals surface area (Å²) in [5, 5.41) is 0.795. The summed E-state index contributed by atoms with van der Waals surface area (Å²) in [7, 11) is 0. The number of rotatable bonds is 5. The molecule has 0 atom stereocenters. The molecular formula is C25H19ClO4. The lowest BCUT2D eigenvalue weighted by Crippen LogP contribution is -2.17. The van der Waals surface area contributed by atoms with Crippen molar-refractivity contribution in [3.63, 3.8) is 0 Å². The van der Waals surface area contributed by atoms with Gasteiger partial charge in [0, 0.05) is 11.1 Å². The third kappa shape index (κ3) is 3.74. The molecule has 150 valence electrons. The number of carbonyl (C=O) groups is 1. The molecule has 0 saturated carbocycles. The number of hydrogen-bond donors (Lipinski definition) is 0. The van der Waals surface area contributed by atoms with Gasteiger partial charge in [-0.3, -0.25) is 9.59 Å². The number of carbonyl (C=O) groups excluding carboxylic acids is 1. The van der Waals surface area contributed by atoms with E-state index in [0.717, 1.165) is 11.1 Å². The lowest BCUT2D eigenvalue weighted by Gasteiger charge is -2.12. The van der Waals surface area contributed by atoms with Crippen LogP contribution in [0.15, 0.2) is 75.9 Å². The summed E-state index contributed by atoms with van der Waals surface area (Å²) < 4.78 is 11.8. The second kappa shape index (κ2) is 8.17. The number of fused-ring (bicyclic) bond motifs is 1. The first-order valence-electron chi connectivity index (χ1n) is 9.49. The number of para-hydroxylation sites is 1. The third-order valence-electron chi connectivity index (χ3n) is 5.05. The lowest BCUT2D eigenvalue weighted by atomic mass is 10.0. The van der Waals surface area contributed by atoms with Gasteiger partial charge in [-0.2, -0.15) is 0 Å². The molecule has 0 saturated heterocycles. The van der Waals surface area contributed by atoms with E-state index in [2.05, 4.69) is 0 Å². The highest BCUT2D eigenvalue weighted by Crippen LogP contribution is 2.35. The van der Waals surface area contributed by atoms with Gasteiger partial charge in [0.05, 0.1) is 10.4 Å². The average Bonchev–Trinajstić information content (AvgIpc) is 2.75. The Kier molecular flexibility index (Phi) is 5.42.